The highest BCUT2D eigenvalue weighted by molar-refractivity contribution is 7.19. The van der Waals surface area contributed by atoms with Gasteiger partial charge in [-0.05, 0) is 30.4 Å². The molecule has 2 nitrogen and oxygen atoms in total. The van der Waals surface area contributed by atoms with E-state index in [0.29, 0.717) is 0 Å². The van der Waals surface area contributed by atoms with Crippen LogP contribution in [0.15, 0.2) is 40.5 Å². The number of hydrogen-bond acceptors (Lipinski definition) is 3. The molecule has 20 heavy (non-hydrogen) atoms. The van der Waals surface area contributed by atoms with Crippen molar-refractivity contribution in [2.45, 2.75) is 26.3 Å². The van der Waals surface area contributed by atoms with Gasteiger partial charge in [0.2, 0.25) is 0 Å². The highest BCUT2D eigenvalue weighted by Gasteiger charge is 2.23. The Labute approximate surface area is 134 Å². The number of amidine groups is 1. The Hall–Kier alpha value is -1.03. The number of benzene rings is 1. The minimum absolute atomic E-state index is 0. The molecule has 0 amide bonds. The number of halogens is 2. The van der Waals surface area contributed by atoms with E-state index in [-0.39, 0.29) is 18.4 Å². The number of nitrogens with one attached hydrogen (secondary N) is 1. The maximum Gasteiger partial charge on any atom is 0.123 e. The second-order valence-corrected chi connectivity index (χ2v) is 6.11. The van der Waals surface area contributed by atoms with Crippen LogP contribution in [0.3, 0.4) is 0 Å². The quantitative estimate of drug-likeness (QED) is 0.822. The number of aliphatic imine (C=N–C) groups is 1. The molecule has 0 saturated carbocycles. The lowest BCUT2D eigenvalue weighted by molar-refractivity contribution is 0.856. The molecule has 0 saturated heterocycles. The summed E-state index contributed by atoms with van der Waals surface area (Å²) >= 11 is 8.14. The number of fused-ring (bicyclic) bond motifs is 1. The van der Waals surface area contributed by atoms with Crippen LogP contribution in [0.4, 0.5) is 0 Å². The van der Waals surface area contributed by atoms with Gasteiger partial charge in [0.05, 0.1) is 10.9 Å². The van der Waals surface area contributed by atoms with Crippen molar-refractivity contribution in [3.05, 3.63) is 45.9 Å². The Morgan fingerprint density at radius 1 is 1.35 bits per heavy atom. The first-order valence-corrected chi connectivity index (χ1v) is 7.57. The molecule has 1 aromatic carbocycles. The number of thiophene rings is 1. The molecule has 0 fully saturated rings. The molecule has 1 aliphatic rings. The Kier molecular flexibility index (Phi) is 4.74. The van der Waals surface area contributed by atoms with E-state index in [1.54, 1.807) is 11.3 Å². The third kappa shape index (κ3) is 2.58. The van der Waals surface area contributed by atoms with Crippen LogP contribution in [-0.4, -0.2) is 5.84 Å². The van der Waals surface area contributed by atoms with Crippen molar-refractivity contribution in [3.8, 4) is 0 Å². The van der Waals surface area contributed by atoms with Gasteiger partial charge >= 0.3 is 0 Å². The zero-order chi connectivity index (χ0) is 13.4. The fraction of sp³-hybridized carbons (Fsp3) is 0.267. The van der Waals surface area contributed by atoms with E-state index >= 15 is 0 Å². The molecular weight excluding hydrogens is 311 g/mol. The van der Waals surface area contributed by atoms with Crippen molar-refractivity contribution in [2.24, 2.45) is 4.99 Å². The summed E-state index contributed by atoms with van der Waals surface area (Å²) in [5, 5.41) is 5.15. The molecular formula is C15H16Cl2N2S. The van der Waals surface area contributed by atoms with Crippen molar-refractivity contribution in [2.75, 3.05) is 0 Å². The molecule has 1 unspecified atom stereocenters. The van der Waals surface area contributed by atoms with Gasteiger partial charge in [-0.3, -0.25) is 4.99 Å². The maximum absolute atomic E-state index is 6.34. The van der Waals surface area contributed by atoms with Crippen molar-refractivity contribution >= 4 is 51.3 Å². The lowest BCUT2D eigenvalue weighted by Crippen LogP contribution is -2.20. The molecule has 106 valence electrons. The van der Waals surface area contributed by atoms with Crippen LogP contribution in [0, 0.1) is 0 Å². The fourth-order valence-electron chi connectivity index (χ4n) is 2.43. The second kappa shape index (κ2) is 6.17. The average molecular weight is 327 g/mol. The van der Waals surface area contributed by atoms with Crippen LogP contribution in [0.2, 0.25) is 0 Å². The van der Waals surface area contributed by atoms with E-state index < -0.39 is 0 Å². The normalized spacial score (nSPS) is 18.1. The molecule has 2 aromatic rings. The van der Waals surface area contributed by atoms with Crippen LogP contribution in [0.5, 0.6) is 0 Å². The third-order valence-corrected chi connectivity index (χ3v) is 4.92. The Bertz CT molecular complexity index is 688. The molecule has 2 heterocycles. The predicted octanol–water partition coefficient (Wildman–Crippen LogP) is 5.03. The van der Waals surface area contributed by atoms with Gasteiger partial charge in [0.1, 0.15) is 6.04 Å². The summed E-state index contributed by atoms with van der Waals surface area (Å²) < 4.78 is 1.31. The molecule has 0 aliphatic carbocycles. The molecule has 1 N–H and O–H groups in total. The lowest BCUT2D eigenvalue weighted by atomic mass is 10.0. The summed E-state index contributed by atoms with van der Waals surface area (Å²) in [6.45, 7) is 4.15. The third-order valence-electron chi connectivity index (χ3n) is 3.33. The first-order chi connectivity index (χ1) is 9.20. The minimum Gasteiger partial charge on any atom is -0.349 e. The Morgan fingerprint density at radius 3 is 2.85 bits per heavy atom. The van der Waals surface area contributed by atoms with Crippen molar-refractivity contribution in [3.63, 3.8) is 0 Å². The number of rotatable bonds is 2. The molecule has 3 rings (SSSR count). The summed E-state index contributed by atoms with van der Waals surface area (Å²) in [5.74, 6) is 0.911. The average Bonchev–Trinajstić information content (AvgIpc) is 2.79. The Balaban J connectivity index is 0.00000147. The molecule has 1 aliphatic heterocycles. The van der Waals surface area contributed by atoms with Gasteiger partial charge in [-0.2, -0.15) is 0 Å². The summed E-state index contributed by atoms with van der Waals surface area (Å²) in [5.41, 5.74) is 1.37. The van der Waals surface area contributed by atoms with Crippen molar-refractivity contribution < 1.29 is 0 Å². The van der Waals surface area contributed by atoms with E-state index in [1.807, 2.05) is 13.1 Å². The van der Waals surface area contributed by atoms with Crippen LogP contribution in [-0.2, 0) is 6.42 Å². The number of aryl methyl sites for hydroxylation is 1. The van der Waals surface area contributed by atoms with Gasteiger partial charge in [-0.25, -0.2) is 0 Å². The minimum atomic E-state index is -0.0460. The zero-order valence-corrected chi connectivity index (χ0v) is 13.7. The summed E-state index contributed by atoms with van der Waals surface area (Å²) in [4.78, 5) is 5.92. The molecule has 1 aromatic heterocycles. The number of hydrogen-bond donors (Lipinski definition) is 1. The van der Waals surface area contributed by atoms with Crippen LogP contribution in [0.1, 0.15) is 30.3 Å². The second-order valence-electron chi connectivity index (χ2n) is 4.59. The molecule has 5 heteroatoms. The van der Waals surface area contributed by atoms with Crippen LogP contribution < -0.4 is 5.32 Å². The van der Waals surface area contributed by atoms with E-state index in [2.05, 4.69) is 41.5 Å². The van der Waals surface area contributed by atoms with Crippen molar-refractivity contribution in [1.29, 1.82) is 0 Å². The molecule has 0 bridgehead atoms. The van der Waals surface area contributed by atoms with E-state index in [1.165, 1.54) is 20.5 Å². The van der Waals surface area contributed by atoms with Crippen molar-refractivity contribution in [1.82, 2.24) is 5.32 Å². The SMILES string of the molecule is CCc1c(C2N=C(C)NC=C2Cl)sc2ccccc12.Cl. The molecule has 0 spiro atoms. The lowest BCUT2D eigenvalue weighted by Gasteiger charge is -2.18. The first kappa shape index (κ1) is 15.4. The van der Waals surface area contributed by atoms with Gasteiger partial charge in [0.15, 0.2) is 0 Å². The van der Waals surface area contributed by atoms with Gasteiger partial charge in [0.25, 0.3) is 0 Å². The van der Waals surface area contributed by atoms with Gasteiger partial charge in [-0.1, -0.05) is 36.7 Å². The van der Waals surface area contributed by atoms with E-state index in [9.17, 15) is 0 Å². The van der Waals surface area contributed by atoms with Crippen LogP contribution in [0.25, 0.3) is 10.1 Å². The monoisotopic (exact) mass is 326 g/mol. The summed E-state index contributed by atoms with van der Waals surface area (Å²) in [6, 6.07) is 8.47. The highest BCUT2D eigenvalue weighted by Crippen LogP contribution is 2.41. The largest absolute Gasteiger partial charge is 0.349 e. The molecule has 0 radical (unpaired) electrons. The smallest absolute Gasteiger partial charge is 0.123 e. The first-order valence-electron chi connectivity index (χ1n) is 6.37. The number of nitrogens with zero attached hydrogens (tertiary/aromatic N) is 1. The zero-order valence-electron chi connectivity index (χ0n) is 11.3. The Morgan fingerprint density at radius 2 is 2.10 bits per heavy atom. The molecule has 1 atom stereocenters. The summed E-state index contributed by atoms with van der Waals surface area (Å²) in [6.07, 6.45) is 2.85. The van der Waals surface area contributed by atoms with Crippen LogP contribution >= 0.6 is 35.3 Å². The standard InChI is InChI=1S/C15H15ClN2S.ClH/c1-3-10-11-6-4-5-7-13(11)19-15(10)14-12(16)8-17-9(2)18-14;/h4-8,14H,3H2,1-2H3,(H,17,18);1H. The van der Waals surface area contributed by atoms with E-state index in [0.717, 1.165) is 17.3 Å². The fourth-order valence-corrected chi connectivity index (χ4v) is 4.06. The highest BCUT2D eigenvalue weighted by atomic mass is 35.5. The topological polar surface area (TPSA) is 24.4 Å². The van der Waals surface area contributed by atoms with E-state index in [4.69, 9.17) is 11.6 Å². The predicted molar refractivity (Wildman–Crippen MR) is 91.4 cm³/mol. The van der Waals surface area contributed by atoms with Gasteiger partial charge in [-0.15, -0.1) is 23.7 Å². The maximum atomic E-state index is 6.34. The van der Waals surface area contributed by atoms with Gasteiger partial charge in [0, 0.05) is 15.8 Å². The van der Waals surface area contributed by atoms with Gasteiger partial charge < -0.3 is 5.32 Å². The summed E-state index contributed by atoms with van der Waals surface area (Å²) in [7, 11) is 0.